The Morgan fingerprint density at radius 3 is 2.75 bits per heavy atom. The molecule has 0 radical (unpaired) electrons. The molecule has 1 saturated heterocycles. The highest BCUT2D eigenvalue weighted by atomic mass is 16.6. The van der Waals surface area contributed by atoms with E-state index in [4.69, 9.17) is 14.2 Å². The van der Waals surface area contributed by atoms with Crippen molar-refractivity contribution in [2.45, 2.75) is 25.6 Å². The smallest absolute Gasteiger partial charge is 0.119 e. The second-order valence-corrected chi connectivity index (χ2v) is 3.89. The molecule has 0 aromatic heterocycles. The maximum atomic E-state index is 5.67. The van der Waals surface area contributed by atoms with E-state index >= 15 is 0 Å². The average Bonchev–Trinajstić information content (AvgIpc) is 3.12. The summed E-state index contributed by atoms with van der Waals surface area (Å²) in [6.07, 6.45) is 1.45. The van der Waals surface area contributed by atoms with E-state index in [1.54, 1.807) is 0 Å². The highest BCUT2D eigenvalue weighted by Gasteiger charge is 2.27. The lowest BCUT2D eigenvalue weighted by Gasteiger charge is -2.16. The van der Waals surface area contributed by atoms with Gasteiger partial charge in [-0.15, -0.1) is 0 Å². The van der Waals surface area contributed by atoms with Crippen molar-refractivity contribution in [2.75, 3.05) is 19.8 Å². The molecule has 0 bridgehead atoms. The molecule has 1 aromatic carbocycles. The van der Waals surface area contributed by atoms with Gasteiger partial charge in [0.15, 0.2) is 0 Å². The van der Waals surface area contributed by atoms with Gasteiger partial charge in [-0.1, -0.05) is 18.2 Å². The molecule has 0 aliphatic carbocycles. The SMILES string of the molecule is CCOC(COc1ccccc1)CC1CO1. The van der Waals surface area contributed by atoms with E-state index in [0.717, 1.165) is 25.4 Å². The molecule has 2 atom stereocenters. The summed E-state index contributed by atoms with van der Waals surface area (Å²) < 4.78 is 16.5. The third kappa shape index (κ3) is 3.83. The molecule has 1 fully saturated rings. The summed E-state index contributed by atoms with van der Waals surface area (Å²) in [4.78, 5) is 0. The molecule has 0 N–H and O–H groups in total. The Morgan fingerprint density at radius 1 is 1.38 bits per heavy atom. The van der Waals surface area contributed by atoms with E-state index in [0.29, 0.717) is 12.7 Å². The van der Waals surface area contributed by atoms with Gasteiger partial charge in [0.05, 0.1) is 18.8 Å². The monoisotopic (exact) mass is 222 g/mol. The predicted molar refractivity (Wildman–Crippen MR) is 61.7 cm³/mol. The second kappa shape index (κ2) is 5.87. The summed E-state index contributed by atoms with van der Waals surface area (Å²) in [5.74, 6) is 0.893. The molecule has 0 amide bonds. The largest absolute Gasteiger partial charge is 0.491 e. The fraction of sp³-hybridized carbons (Fsp3) is 0.538. The van der Waals surface area contributed by atoms with Crippen molar-refractivity contribution in [2.24, 2.45) is 0 Å². The highest BCUT2D eigenvalue weighted by Crippen LogP contribution is 2.18. The number of hydrogen-bond donors (Lipinski definition) is 0. The first-order valence-electron chi connectivity index (χ1n) is 5.79. The minimum atomic E-state index is 0.137. The lowest BCUT2D eigenvalue weighted by Crippen LogP contribution is -2.23. The van der Waals surface area contributed by atoms with Crippen LogP contribution in [0.15, 0.2) is 30.3 Å². The molecule has 16 heavy (non-hydrogen) atoms. The van der Waals surface area contributed by atoms with Crippen LogP contribution in [0.5, 0.6) is 5.75 Å². The van der Waals surface area contributed by atoms with Crippen LogP contribution < -0.4 is 4.74 Å². The quantitative estimate of drug-likeness (QED) is 0.663. The van der Waals surface area contributed by atoms with Crippen molar-refractivity contribution in [1.29, 1.82) is 0 Å². The maximum Gasteiger partial charge on any atom is 0.119 e. The van der Waals surface area contributed by atoms with Crippen molar-refractivity contribution in [3.8, 4) is 5.75 Å². The van der Waals surface area contributed by atoms with Gasteiger partial charge in [-0.05, 0) is 19.1 Å². The van der Waals surface area contributed by atoms with E-state index in [9.17, 15) is 0 Å². The molecular weight excluding hydrogens is 204 g/mol. The van der Waals surface area contributed by atoms with E-state index in [1.165, 1.54) is 0 Å². The topological polar surface area (TPSA) is 31.0 Å². The maximum absolute atomic E-state index is 5.67. The first kappa shape index (κ1) is 11.4. The molecule has 0 spiro atoms. The standard InChI is InChI=1S/C13H18O3/c1-2-14-12(8-13-10-16-13)9-15-11-6-4-3-5-7-11/h3-7,12-13H,2,8-10H2,1H3. The fourth-order valence-electron chi connectivity index (χ4n) is 1.62. The molecule has 1 aromatic rings. The third-order valence-corrected chi connectivity index (χ3v) is 2.51. The molecule has 2 rings (SSSR count). The first-order valence-corrected chi connectivity index (χ1v) is 5.79. The third-order valence-electron chi connectivity index (χ3n) is 2.51. The van der Waals surface area contributed by atoms with Crippen LogP contribution in [0.4, 0.5) is 0 Å². The van der Waals surface area contributed by atoms with E-state index in [2.05, 4.69) is 0 Å². The molecular formula is C13H18O3. The van der Waals surface area contributed by atoms with Gasteiger partial charge in [0.2, 0.25) is 0 Å². The zero-order valence-electron chi connectivity index (χ0n) is 9.59. The molecule has 2 unspecified atom stereocenters. The molecule has 1 aliphatic rings. The molecule has 1 heterocycles. The van der Waals surface area contributed by atoms with Crippen LogP contribution in [0.1, 0.15) is 13.3 Å². The Labute approximate surface area is 96.3 Å². The Bertz CT molecular complexity index is 295. The minimum absolute atomic E-state index is 0.137. The molecule has 3 nitrogen and oxygen atoms in total. The van der Waals surface area contributed by atoms with Crippen molar-refractivity contribution in [3.05, 3.63) is 30.3 Å². The minimum Gasteiger partial charge on any atom is -0.491 e. The van der Waals surface area contributed by atoms with Crippen molar-refractivity contribution in [3.63, 3.8) is 0 Å². The van der Waals surface area contributed by atoms with Gasteiger partial charge in [-0.2, -0.15) is 0 Å². The van der Waals surface area contributed by atoms with Gasteiger partial charge in [0.25, 0.3) is 0 Å². The van der Waals surface area contributed by atoms with E-state index in [1.807, 2.05) is 37.3 Å². The van der Waals surface area contributed by atoms with Crippen LogP contribution >= 0.6 is 0 Å². The van der Waals surface area contributed by atoms with Crippen molar-refractivity contribution < 1.29 is 14.2 Å². The highest BCUT2D eigenvalue weighted by molar-refractivity contribution is 5.20. The molecule has 3 heteroatoms. The number of rotatable bonds is 7. The lowest BCUT2D eigenvalue weighted by atomic mass is 10.2. The van der Waals surface area contributed by atoms with Crippen LogP contribution in [0.3, 0.4) is 0 Å². The summed E-state index contributed by atoms with van der Waals surface area (Å²) in [6.45, 7) is 4.19. The Balaban J connectivity index is 1.76. The summed E-state index contributed by atoms with van der Waals surface area (Å²) >= 11 is 0. The van der Waals surface area contributed by atoms with Gasteiger partial charge in [-0.25, -0.2) is 0 Å². The number of hydrogen-bond acceptors (Lipinski definition) is 3. The normalized spacial score (nSPS) is 20.4. The summed E-state index contributed by atoms with van der Waals surface area (Å²) in [5, 5.41) is 0. The van der Waals surface area contributed by atoms with Gasteiger partial charge in [0, 0.05) is 13.0 Å². The zero-order chi connectivity index (χ0) is 11.2. The van der Waals surface area contributed by atoms with Crippen LogP contribution in [0, 0.1) is 0 Å². The number of para-hydroxylation sites is 1. The summed E-state index contributed by atoms with van der Waals surface area (Å²) in [6, 6.07) is 9.82. The summed E-state index contributed by atoms with van der Waals surface area (Å²) in [5.41, 5.74) is 0. The van der Waals surface area contributed by atoms with Crippen LogP contribution in [-0.4, -0.2) is 32.0 Å². The molecule has 1 aliphatic heterocycles. The van der Waals surface area contributed by atoms with Gasteiger partial charge in [-0.3, -0.25) is 0 Å². The predicted octanol–water partition coefficient (Wildman–Crippen LogP) is 2.26. The summed E-state index contributed by atoms with van der Waals surface area (Å²) in [7, 11) is 0. The van der Waals surface area contributed by atoms with Crippen LogP contribution in [0.2, 0.25) is 0 Å². The first-order chi connectivity index (χ1) is 7.88. The van der Waals surface area contributed by atoms with Gasteiger partial charge >= 0.3 is 0 Å². The van der Waals surface area contributed by atoms with Gasteiger partial charge < -0.3 is 14.2 Å². The van der Waals surface area contributed by atoms with Crippen molar-refractivity contribution in [1.82, 2.24) is 0 Å². The van der Waals surface area contributed by atoms with Crippen LogP contribution in [-0.2, 0) is 9.47 Å². The number of ether oxygens (including phenoxy) is 3. The van der Waals surface area contributed by atoms with E-state index < -0.39 is 0 Å². The lowest BCUT2D eigenvalue weighted by molar-refractivity contribution is 0.0180. The Kier molecular flexibility index (Phi) is 4.19. The fourth-order valence-corrected chi connectivity index (χ4v) is 1.62. The average molecular weight is 222 g/mol. The molecule has 0 saturated carbocycles. The molecule has 88 valence electrons. The van der Waals surface area contributed by atoms with Crippen LogP contribution in [0.25, 0.3) is 0 Å². The van der Waals surface area contributed by atoms with E-state index in [-0.39, 0.29) is 6.10 Å². The second-order valence-electron chi connectivity index (χ2n) is 3.89. The Morgan fingerprint density at radius 2 is 2.12 bits per heavy atom. The van der Waals surface area contributed by atoms with Gasteiger partial charge in [0.1, 0.15) is 12.4 Å². The van der Waals surface area contributed by atoms with Crippen molar-refractivity contribution >= 4 is 0 Å². The number of epoxide rings is 1. The zero-order valence-corrected chi connectivity index (χ0v) is 9.59. The number of benzene rings is 1. The Hall–Kier alpha value is -1.06.